The van der Waals surface area contributed by atoms with Crippen molar-refractivity contribution in [2.24, 2.45) is 0 Å². The van der Waals surface area contributed by atoms with Crippen LogP contribution in [0.15, 0.2) is 6.07 Å². The molecule has 0 bridgehead atoms. The van der Waals surface area contributed by atoms with Gasteiger partial charge in [-0.15, -0.1) is 0 Å². The molecule has 2 rings (SSSR count). The van der Waals surface area contributed by atoms with Gasteiger partial charge >= 0.3 is 0 Å². The molecule has 1 aliphatic rings. The number of hydrogen-bond donors (Lipinski definition) is 1. The molecule has 1 atom stereocenters. The molecule has 0 saturated carbocycles. The molecule has 0 aliphatic carbocycles. The average Bonchev–Trinajstić information content (AvgIpc) is 2.59. The topological polar surface area (TPSA) is 44.3 Å². The van der Waals surface area contributed by atoms with Gasteiger partial charge in [0.05, 0.1) is 0 Å². The van der Waals surface area contributed by atoms with Gasteiger partial charge in [-0.1, -0.05) is 6.92 Å². The van der Waals surface area contributed by atoms with Gasteiger partial charge in [0, 0.05) is 32.2 Å². The third-order valence-electron chi connectivity index (χ3n) is 3.75. The van der Waals surface area contributed by atoms with Crippen molar-refractivity contribution in [3.8, 4) is 0 Å². The second kappa shape index (κ2) is 6.19. The lowest BCUT2D eigenvalue weighted by atomic mass is 10.2. The van der Waals surface area contributed by atoms with Crippen molar-refractivity contribution in [2.75, 3.05) is 43.9 Å². The molecule has 1 N–H and O–H groups in total. The van der Waals surface area contributed by atoms with Gasteiger partial charge in [0.2, 0.25) is 0 Å². The summed E-state index contributed by atoms with van der Waals surface area (Å²) in [6.07, 6.45) is 2.33. The second-order valence-electron chi connectivity index (χ2n) is 5.28. The normalized spacial score (nSPS) is 21.3. The molecule has 19 heavy (non-hydrogen) atoms. The number of aryl methyl sites for hydroxylation is 1. The van der Waals surface area contributed by atoms with Crippen LogP contribution in [0.5, 0.6) is 0 Å². The minimum atomic E-state index is 0.534. The van der Waals surface area contributed by atoms with E-state index < -0.39 is 0 Å². The first-order chi connectivity index (χ1) is 9.13. The largest absolute Gasteiger partial charge is 0.373 e. The number of aromatic nitrogens is 2. The summed E-state index contributed by atoms with van der Waals surface area (Å²) in [6.45, 7) is 7.55. The maximum absolute atomic E-state index is 4.63. The van der Waals surface area contributed by atoms with Crippen molar-refractivity contribution in [1.29, 1.82) is 0 Å². The molecule has 2 heterocycles. The highest BCUT2D eigenvalue weighted by Gasteiger charge is 2.23. The Bertz CT molecular complexity index is 420. The maximum Gasteiger partial charge on any atom is 0.134 e. The predicted octanol–water partition coefficient (Wildman–Crippen LogP) is 1.75. The molecule has 0 spiro atoms. The highest BCUT2D eigenvalue weighted by Crippen LogP contribution is 2.22. The van der Waals surface area contributed by atoms with Gasteiger partial charge in [0.1, 0.15) is 17.5 Å². The van der Waals surface area contributed by atoms with Crippen LogP contribution in [-0.4, -0.2) is 54.6 Å². The Morgan fingerprint density at radius 2 is 2.16 bits per heavy atom. The molecule has 0 radical (unpaired) electrons. The van der Waals surface area contributed by atoms with E-state index in [0.29, 0.717) is 6.04 Å². The Morgan fingerprint density at radius 1 is 1.37 bits per heavy atom. The molecule has 1 saturated heterocycles. The van der Waals surface area contributed by atoms with Gasteiger partial charge in [-0.3, -0.25) is 0 Å². The van der Waals surface area contributed by atoms with E-state index in [2.05, 4.69) is 45.1 Å². The second-order valence-corrected chi connectivity index (χ2v) is 5.28. The number of rotatable bonds is 3. The lowest BCUT2D eigenvalue weighted by molar-refractivity contribution is 0.327. The van der Waals surface area contributed by atoms with E-state index in [1.54, 1.807) is 0 Å². The minimum Gasteiger partial charge on any atom is -0.373 e. The smallest absolute Gasteiger partial charge is 0.134 e. The highest BCUT2D eigenvalue weighted by atomic mass is 15.3. The van der Waals surface area contributed by atoms with Gasteiger partial charge in [-0.2, -0.15) is 0 Å². The summed E-state index contributed by atoms with van der Waals surface area (Å²) in [5, 5.41) is 3.12. The average molecular weight is 263 g/mol. The Labute approximate surface area is 116 Å². The van der Waals surface area contributed by atoms with Crippen LogP contribution in [0.1, 0.15) is 25.6 Å². The first-order valence-corrected chi connectivity index (χ1v) is 7.12. The zero-order valence-electron chi connectivity index (χ0n) is 12.5. The van der Waals surface area contributed by atoms with E-state index in [0.717, 1.165) is 43.5 Å². The molecule has 106 valence electrons. The van der Waals surface area contributed by atoms with Crippen molar-refractivity contribution in [3.63, 3.8) is 0 Å². The van der Waals surface area contributed by atoms with E-state index >= 15 is 0 Å². The van der Waals surface area contributed by atoms with Crippen molar-refractivity contribution in [1.82, 2.24) is 14.9 Å². The molecule has 1 aliphatic heterocycles. The number of nitrogens with one attached hydrogen (secondary N) is 1. The molecule has 1 aromatic heterocycles. The van der Waals surface area contributed by atoms with Crippen LogP contribution in [0, 0.1) is 6.92 Å². The highest BCUT2D eigenvalue weighted by molar-refractivity contribution is 5.50. The zero-order chi connectivity index (χ0) is 13.8. The van der Waals surface area contributed by atoms with Crippen LogP contribution in [0.4, 0.5) is 11.6 Å². The zero-order valence-corrected chi connectivity index (χ0v) is 12.5. The van der Waals surface area contributed by atoms with Crippen LogP contribution in [0.3, 0.4) is 0 Å². The third kappa shape index (κ3) is 3.35. The quantitative estimate of drug-likeness (QED) is 0.900. The van der Waals surface area contributed by atoms with Crippen molar-refractivity contribution < 1.29 is 0 Å². The predicted molar refractivity (Wildman–Crippen MR) is 79.9 cm³/mol. The Hall–Kier alpha value is -1.36. The fourth-order valence-corrected chi connectivity index (χ4v) is 2.72. The fourth-order valence-electron chi connectivity index (χ4n) is 2.72. The molecule has 1 aromatic rings. The Kier molecular flexibility index (Phi) is 4.58. The van der Waals surface area contributed by atoms with E-state index in [1.807, 2.05) is 14.0 Å². The van der Waals surface area contributed by atoms with Gasteiger partial charge in [0.25, 0.3) is 0 Å². The molecule has 5 nitrogen and oxygen atoms in total. The van der Waals surface area contributed by atoms with Gasteiger partial charge < -0.3 is 15.1 Å². The fraction of sp³-hybridized carbons (Fsp3) is 0.714. The molecule has 1 unspecified atom stereocenters. The number of nitrogens with zero attached hydrogens (tertiary/aromatic N) is 4. The van der Waals surface area contributed by atoms with Crippen LogP contribution >= 0.6 is 0 Å². The summed E-state index contributed by atoms with van der Waals surface area (Å²) in [6, 6.07) is 2.59. The molecule has 0 amide bonds. The van der Waals surface area contributed by atoms with E-state index in [1.165, 1.54) is 6.42 Å². The third-order valence-corrected chi connectivity index (χ3v) is 3.75. The van der Waals surface area contributed by atoms with Gasteiger partial charge in [0.15, 0.2) is 0 Å². The summed E-state index contributed by atoms with van der Waals surface area (Å²) < 4.78 is 0. The van der Waals surface area contributed by atoms with Crippen LogP contribution in [-0.2, 0) is 0 Å². The van der Waals surface area contributed by atoms with Gasteiger partial charge in [-0.05, 0) is 33.4 Å². The summed E-state index contributed by atoms with van der Waals surface area (Å²) >= 11 is 0. The monoisotopic (exact) mass is 263 g/mol. The van der Waals surface area contributed by atoms with E-state index in [-0.39, 0.29) is 0 Å². The SMILES string of the molecule is CCC1CN(C)CCCN1c1cc(NC)nc(C)n1. The summed E-state index contributed by atoms with van der Waals surface area (Å²) in [5.74, 6) is 2.78. The van der Waals surface area contributed by atoms with E-state index in [4.69, 9.17) is 0 Å². The first kappa shape index (κ1) is 14.1. The maximum atomic E-state index is 4.63. The van der Waals surface area contributed by atoms with Crippen LogP contribution in [0.25, 0.3) is 0 Å². The Balaban J connectivity index is 2.29. The molecule has 1 fully saturated rings. The lowest BCUT2D eigenvalue weighted by Crippen LogP contribution is -2.40. The van der Waals surface area contributed by atoms with Crippen molar-refractivity contribution in [2.45, 2.75) is 32.7 Å². The molecule has 5 heteroatoms. The van der Waals surface area contributed by atoms with E-state index in [9.17, 15) is 0 Å². The summed E-state index contributed by atoms with van der Waals surface area (Å²) in [7, 11) is 4.11. The molecular weight excluding hydrogens is 238 g/mol. The van der Waals surface area contributed by atoms with Crippen LogP contribution in [0.2, 0.25) is 0 Å². The van der Waals surface area contributed by atoms with Gasteiger partial charge in [-0.25, -0.2) is 9.97 Å². The first-order valence-electron chi connectivity index (χ1n) is 7.12. The summed E-state index contributed by atoms with van der Waals surface area (Å²) in [4.78, 5) is 13.9. The van der Waals surface area contributed by atoms with Crippen LogP contribution < -0.4 is 10.2 Å². The van der Waals surface area contributed by atoms with Crippen molar-refractivity contribution in [3.05, 3.63) is 11.9 Å². The van der Waals surface area contributed by atoms with Crippen molar-refractivity contribution >= 4 is 11.6 Å². The molecule has 0 aromatic carbocycles. The summed E-state index contributed by atoms with van der Waals surface area (Å²) in [5.41, 5.74) is 0. The lowest BCUT2D eigenvalue weighted by Gasteiger charge is -2.31. The molecular formula is C14H25N5. The standard InChI is InChI=1S/C14H25N5/c1-5-12-10-18(4)7-6-8-19(12)14-9-13(15-3)16-11(2)17-14/h9,12H,5-8,10H2,1-4H3,(H,15,16,17). The minimum absolute atomic E-state index is 0.534. The number of likely N-dealkylation sites (N-methyl/N-ethyl adjacent to an activating group) is 1. The number of anilines is 2. The number of hydrogen-bond acceptors (Lipinski definition) is 5. The Morgan fingerprint density at radius 3 is 2.84 bits per heavy atom.